The van der Waals surface area contributed by atoms with Crippen LogP contribution in [-0.4, -0.2) is 21.7 Å². The van der Waals surface area contributed by atoms with E-state index in [1.54, 1.807) is 6.07 Å². The third-order valence-corrected chi connectivity index (χ3v) is 5.15. The zero-order valence-corrected chi connectivity index (χ0v) is 15.4. The number of anilines is 1. The molecule has 0 aliphatic heterocycles. The van der Waals surface area contributed by atoms with Crippen molar-refractivity contribution in [3.05, 3.63) is 85.1 Å². The number of fused-ring (bicyclic) bond motifs is 3. The number of benzene rings is 3. The number of phenolic OH excluding ortho intramolecular Hbond substituents is 1. The number of hydrogen-bond acceptors (Lipinski definition) is 3. The first kappa shape index (κ1) is 16.4. The van der Waals surface area contributed by atoms with E-state index in [1.165, 1.54) is 5.39 Å². The summed E-state index contributed by atoms with van der Waals surface area (Å²) in [5.41, 5.74) is 4.81. The Bertz CT molecular complexity index is 1310. The molecule has 136 valence electrons. The van der Waals surface area contributed by atoms with E-state index in [9.17, 15) is 5.11 Å². The maximum absolute atomic E-state index is 10.5. The van der Waals surface area contributed by atoms with Gasteiger partial charge in [0.2, 0.25) is 0 Å². The monoisotopic (exact) mass is 365 g/mol. The highest BCUT2D eigenvalue weighted by atomic mass is 16.3. The molecule has 0 amide bonds. The molecule has 0 aliphatic rings. The minimum Gasteiger partial charge on any atom is -0.507 e. The highest BCUT2D eigenvalue weighted by Crippen LogP contribution is 2.39. The van der Waals surface area contributed by atoms with Crippen LogP contribution in [0.15, 0.2) is 85.1 Å². The summed E-state index contributed by atoms with van der Waals surface area (Å²) < 4.78 is 2.17. The lowest BCUT2D eigenvalue weighted by atomic mass is 10.0. The van der Waals surface area contributed by atoms with E-state index in [0.717, 1.165) is 39.1 Å². The van der Waals surface area contributed by atoms with Crippen LogP contribution in [0.4, 0.5) is 5.69 Å². The van der Waals surface area contributed by atoms with Gasteiger partial charge in [-0.1, -0.05) is 42.5 Å². The number of nitrogens with one attached hydrogen (secondary N) is 1. The number of pyridine rings is 1. The molecule has 0 spiro atoms. The van der Waals surface area contributed by atoms with E-state index in [4.69, 9.17) is 0 Å². The lowest BCUT2D eigenvalue weighted by Gasteiger charge is -2.12. The van der Waals surface area contributed by atoms with E-state index < -0.39 is 0 Å². The molecule has 28 heavy (non-hydrogen) atoms. The lowest BCUT2D eigenvalue weighted by Crippen LogP contribution is -1.97. The Morgan fingerprint density at radius 2 is 1.64 bits per heavy atom. The lowest BCUT2D eigenvalue weighted by molar-refractivity contribution is 0.477. The highest BCUT2D eigenvalue weighted by molar-refractivity contribution is 6.10. The number of aromatic hydroxyl groups is 1. The Morgan fingerprint density at radius 3 is 2.46 bits per heavy atom. The van der Waals surface area contributed by atoms with Crippen molar-refractivity contribution in [1.82, 2.24) is 9.55 Å². The number of rotatable bonds is 3. The smallest absolute Gasteiger partial charge is 0.137 e. The highest BCUT2D eigenvalue weighted by Gasteiger charge is 2.16. The largest absolute Gasteiger partial charge is 0.507 e. The van der Waals surface area contributed by atoms with Gasteiger partial charge in [-0.15, -0.1) is 0 Å². The van der Waals surface area contributed by atoms with Crippen LogP contribution in [0.25, 0.3) is 38.8 Å². The van der Waals surface area contributed by atoms with Gasteiger partial charge in [0.25, 0.3) is 0 Å². The fraction of sp³-hybridized carbons (Fsp3) is 0.0417. The van der Waals surface area contributed by atoms with Gasteiger partial charge in [-0.25, -0.2) is 4.98 Å². The first-order valence-corrected chi connectivity index (χ1v) is 9.22. The average molecular weight is 365 g/mol. The molecule has 0 aliphatic carbocycles. The van der Waals surface area contributed by atoms with Crippen molar-refractivity contribution in [3.63, 3.8) is 0 Å². The summed E-state index contributed by atoms with van der Waals surface area (Å²) >= 11 is 0. The standard InChI is InChI=1S/C24H19N3O/c1-25-19-8-6-10-22(28)24(19)16-12-13-18-17-7-2-3-9-20(17)27(21(18)15-16)23-11-4-5-14-26-23/h2-15,25,28H,1H3. The van der Waals surface area contributed by atoms with Crippen LogP contribution in [-0.2, 0) is 0 Å². The molecule has 0 radical (unpaired) electrons. The second-order valence-electron chi connectivity index (χ2n) is 6.72. The van der Waals surface area contributed by atoms with Crippen LogP contribution in [0.3, 0.4) is 0 Å². The number of nitrogens with zero attached hydrogens (tertiary/aromatic N) is 2. The predicted molar refractivity (Wildman–Crippen MR) is 115 cm³/mol. The van der Waals surface area contributed by atoms with Crippen LogP contribution in [0.5, 0.6) is 5.75 Å². The molecule has 0 unspecified atom stereocenters. The van der Waals surface area contributed by atoms with Gasteiger partial charge >= 0.3 is 0 Å². The summed E-state index contributed by atoms with van der Waals surface area (Å²) in [5, 5.41) is 16.0. The maximum Gasteiger partial charge on any atom is 0.137 e. The first-order valence-electron chi connectivity index (χ1n) is 9.22. The Hall–Kier alpha value is -3.79. The summed E-state index contributed by atoms with van der Waals surface area (Å²) in [5.74, 6) is 1.13. The first-order chi connectivity index (χ1) is 13.8. The fourth-order valence-electron chi connectivity index (χ4n) is 3.91. The van der Waals surface area contributed by atoms with E-state index >= 15 is 0 Å². The second-order valence-corrected chi connectivity index (χ2v) is 6.72. The van der Waals surface area contributed by atoms with Gasteiger partial charge in [0, 0.05) is 35.3 Å². The summed E-state index contributed by atoms with van der Waals surface area (Å²) in [6.07, 6.45) is 1.81. The van der Waals surface area contributed by atoms with Crippen molar-refractivity contribution in [1.29, 1.82) is 0 Å². The molecule has 0 atom stereocenters. The van der Waals surface area contributed by atoms with Gasteiger partial charge in [0.15, 0.2) is 0 Å². The molecule has 5 rings (SSSR count). The molecule has 0 saturated carbocycles. The summed E-state index contributed by atoms with van der Waals surface area (Å²) in [6.45, 7) is 0. The number of aromatic nitrogens is 2. The zero-order chi connectivity index (χ0) is 19.1. The maximum atomic E-state index is 10.5. The van der Waals surface area contributed by atoms with Gasteiger partial charge in [-0.05, 0) is 42.0 Å². The third-order valence-electron chi connectivity index (χ3n) is 5.15. The van der Waals surface area contributed by atoms with E-state index in [2.05, 4.69) is 51.3 Å². The predicted octanol–water partition coefficient (Wildman–Crippen LogP) is 5.59. The molecule has 0 saturated heterocycles. The molecule has 2 heterocycles. The zero-order valence-electron chi connectivity index (χ0n) is 15.4. The molecule has 0 bridgehead atoms. The van der Waals surface area contributed by atoms with E-state index in [-0.39, 0.29) is 5.75 Å². The molecule has 4 nitrogen and oxygen atoms in total. The number of para-hydroxylation sites is 1. The Morgan fingerprint density at radius 1 is 0.821 bits per heavy atom. The molecule has 4 heteroatoms. The van der Waals surface area contributed by atoms with Gasteiger partial charge in [0.1, 0.15) is 11.6 Å². The SMILES string of the molecule is CNc1cccc(O)c1-c1ccc2c3ccccc3n(-c3ccccn3)c2c1. The van der Waals surface area contributed by atoms with Crippen LogP contribution in [0.1, 0.15) is 0 Å². The van der Waals surface area contributed by atoms with Crippen molar-refractivity contribution in [2.24, 2.45) is 0 Å². The molecule has 2 aromatic heterocycles. The fourth-order valence-corrected chi connectivity index (χ4v) is 3.91. The van der Waals surface area contributed by atoms with Crippen LogP contribution in [0, 0.1) is 0 Å². The molecule has 2 N–H and O–H groups in total. The number of phenols is 1. The third kappa shape index (κ3) is 2.42. The van der Waals surface area contributed by atoms with Crippen LogP contribution in [0.2, 0.25) is 0 Å². The topological polar surface area (TPSA) is 50.1 Å². The summed E-state index contributed by atoms with van der Waals surface area (Å²) in [7, 11) is 1.86. The number of hydrogen-bond donors (Lipinski definition) is 2. The average Bonchev–Trinajstić information content (AvgIpc) is 3.07. The van der Waals surface area contributed by atoms with Crippen LogP contribution < -0.4 is 5.32 Å². The quantitative estimate of drug-likeness (QED) is 0.438. The Labute approximate surface area is 162 Å². The molecule has 5 aromatic rings. The van der Waals surface area contributed by atoms with Crippen LogP contribution >= 0.6 is 0 Å². The molecule has 3 aromatic carbocycles. The Kier molecular flexibility index (Phi) is 3.76. The van der Waals surface area contributed by atoms with Gasteiger partial charge < -0.3 is 10.4 Å². The molecule has 0 fully saturated rings. The van der Waals surface area contributed by atoms with Gasteiger partial charge in [-0.3, -0.25) is 4.57 Å². The summed E-state index contributed by atoms with van der Waals surface area (Å²) in [6, 6.07) is 26.1. The van der Waals surface area contributed by atoms with E-state index in [0.29, 0.717) is 0 Å². The van der Waals surface area contributed by atoms with Crippen molar-refractivity contribution in [2.75, 3.05) is 12.4 Å². The van der Waals surface area contributed by atoms with Crippen molar-refractivity contribution < 1.29 is 5.11 Å². The van der Waals surface area contributed by atoms with Crippen molar-refractivity contribution in [3.8, 4) is 22.7 Å². The van der Waals surface area contributed by atoms with Crippen molar-refractivity contribution >= 4 is 27.5 Å². The van der Waals surface area contributed by atoms with E-state index in [1.807, 2.05) is 49.6 Å². The molecular weight excluding hydrogens is 346 g/mol. The van der Waals surface area contributed by atoms with Crippen molar-refractivity contribution in [2.45, 2.75) is 0 Å². The van der Waals surface area contributed by atoms with Gasteiger partial charge in [0.05, 0.1) is 11.0 Å². The minimum atomic E-state index is 0.256. The normalized spacial score (nSPS) is 11.2. The molecular formula is C24H19N3O. The van der Waals surface area contributed by atoms with Gasteiger partial charge in [-0.2, -0.15) is 0 Å². The Balaban J connectivity index is 1.87. The summed E-state index contributed by atoms with van der Waals surface area (Å²) in [4.78, 5) is 4.58. The second kappa shape index (κ2) is 6.43. The minimum absolute atomic E-state index is 0.256.